The number of sulfonamides is 2. The van der Waals surface area contributed by atoms with Crippen LogP contribution in [0.15, 0.2) is 0 Å². The molecule has 1 fully saturated rings. The summed E-state index contributed by atoms with van der Waals surface area (Å²) in [6, 6.07) is 0. The zero-order chi connectivity index (χ0) is 13.3. The normalized spacial score (nSPS) is 20.3. The summed E-state index contributed by atoms with van der Waals surface area (Å²) in [6.45, 7) is 0.598. The molecular weight excluding hydrogens is 286 g/mol. The molecule has 0 aliphatic carbocycles. The molecule has 0 aromatic heterocycles. The second kappa shape index (κ2) is 5.14. The highest BCUT2D eigenvalue weighted by Crippen LogP contribution is 2.10. The number of thiocarbonyl (C=S) groups is 1. The lowest BCUT2D eigenvalue weighted by atomic mass is 10.4. The molecule has 0 radical (unpaired) electrons. The highest BCUT2D eigenvalue weighted by atomic mass is 32.2. The van der Waals surface area contributed by atoms with E-state index in [1.807, 2.05) is 0 Å². The van der Waals surface area contributed by atoms with Gasteiger partial charge in [-0.25, -0.2) is 16.8 Å². The highest BCUT2D eigenvalue weighted by molar-refractivity contribution is 7.92. The Morgan fingerprint density at radius 1 is 1.12 bits per heavy atom. The van der Waals surface area contributed by atoms with E-state index in [-0.39, 0.29) is 36.9 Å². The Labute approximate surface area is 107 Å². The van der Waals surface area contributed by atoms with Crippen molar-refractivity contribution < 1.29 is 16.8 Å². The molecule has 1 heterocycles. The van der Waals surface area contributed by atoms with Crippen LogP contribution in [0.5, 0.6) is 0 Å². The van der Waals surface area contributed by atoms with Crippen molar-refractivity contribution in [1.82, 2.24) is 8.61 Å². The highest BCUT2D eigenvalue weighted by Gasteiger charge is 2.30. The van der Waals surface area contributed by atoms with Crippen molar-refractivity contribution in [2.45, 2.75) is 0 Å². The van der Waals surface area contributed by atoms with Gasteiger partial charge in [0.15, 0.2) is 0 Å². The maximum Gasteiger partial charge on any atom is 0.220 e. The van der Waals surface area contributed by atoms with Crippen LogP contribution in [0.25, 0.3) is 0 Å². The number of hydrogen-bond donors (Lipinski definition) is 1. The standard InChI is InChI=1S/C7H15N3O4S3/c1-16(11,12)9-2-4-10(5-3-9)17(13,14)6-7(8)15/h2-6H2,1H3,(H2,8,15). The zero-order valence-electron chi connectivity index (χ0n) is 9.37. The minimum absolute atomic E-state index is 0.0875. The third-order valence-corrected chi connectivity index (χ3v) is 5.84. The van der Waals surface area contributed by atoms with Crippen LogP contribution in [0.2, 0.25) is 0 Å². The van der Waals surface area contributed by atoms with Crippen molar-refractivity contribution in [3.63, 3.8) is 0 Å². The Morgan fingerprint density at radius 3 is 1.88 bits per heavy atom. The van der Waals surface area contributed by atoms with Gasteiger partial charge in [-0.15, -0.1) is 0 Å². The lowest BCUT2D eigenvalue weighted by molar-refractivity contribution is 0.275. The van der Waals surface area contributed by atoms with E-state index in [1.165, 1.54) is 8.61 Å². The van der Waals surface area contributed by atoms with Gasteiger partial charge in [-0.2, -0.15) is 8.61 Å². The fourth-order valence-corrected chi connectivity index (χ4v) is 4.09. The molecule has 2 N–H and O–H groups in total. The molecular formula is C7H15N3O4S3. The molecule has 1 aliphatic heterocycles. The van der Waals surface area contributed by atoms with E-state index >= 15 is 0 Å². The van der Waals surface area contributed by atoms with Crippen LogP contribution in [0, 0.1) is 0 Å². The first-order chi connectivity index (χ1) is 7.63. The lowest BCUT2D eigenvalue weighted by Gasteiger charge is -2.32. The molecule has 1 rings (SSSR count). The summed E-state index contributed by atoms with van der Waals surface area (Å²) in [4.78, 5) is -0.0875. The van der Waals surface area contributed by atoms with Gasteiger partial charge in [0.1, 0.15) is 5.75 Å². The minimum atomic E-state index is -3.51. The molecule has 100 valence electrons. The van der Waals surface area contributed by atoms with Crippen LogP contribution >= 0.6 is 12.2 Å². The quantitative estimate of drug-likeness (QED) is 0.614. The van der Waals surface area contributed by atoms with Crippen LogP contribution in [0.4, 0.5) is 0 Å². The second-order valence-electron chi connectivity index (χ2n) is 3.78. The van der Waals surface area contributed by atoms with E-state index in [0.29, 0.717) is 0 Å². The van der Waals surface area contributed by atoms with Crippen molar-refractivity contribution in [1.29, 1.82) is 0 Å². The van der Waals surface area contributed by atoms with Gasteiger partial charge in [0.2, 0.25) is 20.0 Å². The summed E-state index contributed by atoms with van der Waals surface area (Å²) >= 11 is 4.56. The van der Waals surface area contributed by atoms with E-state index < -0.39 is 20.0 Å². The average molecular weight is 301 g/mol. The Balaban J connectivity index is 2.67. The summed E-state index contributed by atoms with van der Waals surface area (Å²) in [7, 11) is -6.76. The Hall–Kier alpha value is -0.290. The minimum Gasteiger partial charge on any atom is -0.392 e. The number of hydrogen-bond acceptors (Lipinski definition) is 5. The zero-order valence-corrected chi connectivity index (χ0v) is 11.8. The van der Waals surface area contributed by atoms with E-state index in [9.17, 15) is 16.8 Å². The van der Waals surface area contributed by atoms with E-state index in [4.69, 9.17) is 5.73 Å². The summed E-state index contributed by atoms with van der Waals surface area (Å²) in [5.74, 6) is -0.374. The summed E-state index contributed by atoms with van der Waals surface area (Å²) < 4.78 is 48.4. The molecule has 1 aliphatic rings. The number of piperazine rings is 1. The van der Waals surface area contributed by atoms with E-state index in [2.05, 4.69) is 12.2 Å². The second-order valence-corrected chi connectivity index (χ2v) is 8.26. The number of rotatable bonds is 4. The molecule has 0 amide bonds. The van der Waals surface area contributed by atoms with Crippen LogP contribution in [-0.4, -0.2) is 68.6 Å². The first-order valence-corrected chi connectivity index (χ1v) is 8.71. The Bertz CT molecular complexity index is 490. The molecule has 0 aromatic carbocycles. The van der Waals surface area contributed by atoms with Crippen molar-refractivity contribution in [3.05, 3.63) is 0 Å². The fourth-order valence-electron chi connectivity index (χ4n) is 1.55. The van der Waals surface area contributed by atoms with E-state index in [0.717, 1.165) is 6.26 Å². The first kappa shape index (κ1) is 14.8. The first-order valence-electron chi connectivity index (χ1n) is 4.84. The smallest absolute Gasteiger partial charge is 0.220 e. The topological polar surface area (TPSA) is 101 Å². The summed E-state index contributed by atoms with van der Waals surface area (Å²) in [6.07, 6.45) is 1.10. The average Bonchev–Trinajstić information content (AvgIpc) is 2.14. The predicted octanol–water partition coefficient (Wildman–Crippen LogP) is -1.82. The van der Waals surface area contributed by atoms with Gasteiger partial charge in [0.25, 0.3) is 0 Å². The molecule has 1 saturated heterocycles. The predicted molar refractivity (Wildman–Crippen MR) is 68.6 cm³/mol. The SMILES string of the molecule is CS(=O)(=O)N1CCN(S(=O)(=O)CC(N)=S)CC1. The van der Waals surface area contributed by atoms with Crippen molar-refractivity contribution in [2.24, 2.45) is 5.73 Å². The maximum absolute atomic E-state index is 11.7. The van der Waals surface area contributed by atoms with Crippen LogP contribution < -0.4 is 5.73 Å². The Kier molecular flexibility index (Phi) is 4.47. The van der Waals surface area contributed by atoms with Crippen LogP contribution in [0.1, 0.15) is 0 Å². The number of nitrogens with two attached hydrogens (primary N) is 1. The monoisotopic (exact) mass is 301 g/mol. The van der Waals surface area contributed by atoms with Gasteiger partial charge in [-0.1, -0.05) is 12.2 Å². The molecule has 0 atom stereocenters. The Morgan fingerprint density at radius 2 is 1.53 bits per heavy atom. The summed E-state index contributed by atoms with van der Waals surface area (Å²) in [5, 5.41) is 0. The van der Waals surface area contributed by atoms with Crippen LogP contribution in [0.3, 0.4) is 0 Å². The third-order valence-electron chi connectivity index (χ3n) is 2.38. The molecule has 0 bridgehead atoms. The molecule has 7 nitrogen and oxygen atoms in total. The van der Waals surface area contributed by atoms with Gasteiger partial charge in [-0.3, -0.25) is 0 Å². The molecule has 0 saturated carbocycles. The molecule has 0 unspecified atom stereocenters. The molecule has 0 aromatic rings. The van der Waals surface area contributed by atoms with Crippen molar-refractivity contribution in [3.8, 4) is 0 Å². The maximum atomic E-state index is 11.7. The third kappa shape index (κ3) is 4.14. The van der Waals surface area contributed by atoms with E-state index in [1.54, 1.807) is 0 Å². The molecule has 0 spiro atoms. The van der Waals surface area contributed by atoms with Gasteiger partial charge < -0.3 is 5.73 Å². The summed E-state index contributed by atoms with van der Waals surface area (Å²) in [5.41, 5.74) is 5.20. The van der Waals surface area contributed by atoms with Gasteiger partial charge >= 0.3 is 0 Å². The fraction of sp³-hybridized carbons (Fsp3) is 0.857. The molecule has 10 heteroatoms. The van der Waals surface area contributed by atoms with Crippen LogP contribution in [-0.2, 0) is 20.0 Å². The van der Waals surface area contributed by atoms with Crippen molar-refractivity contribution in [2.75, 3.05) is 38.2 Å². The van der Waals surface area contributed by atoms with Gasteiger partial charge in [-0.05, 0) is 0 Å². The largest absolute Gasteiger partial charge is 0.392 e. The van der Waals surface area contributed by atoms with Gasteiger partial charge in [0.05, 0.1) is 11.2 Å². The van der Waals surface area contributed by atoms with Gasteiger partial charge in [0, 0.05) is 26.2 Å². The van der Waals surface area contributed by atoms with Crippen molar-refractivity contribution >= 4 is 37.3 Å². The number of nitrogens with zero attached hydrogens (tertiary/aromatic N) is 2. The molecule has 17 heavy (non-hydrogen) atoms. The lowest BCUT2D eigenvalue weighted by Crippen LogP contribution is -2.51.